The Kier molecular flexibility index (Phi) is 6.95. The summed E-state index contributed by atoms with van der Waals surface area (Å²) >= 11 is 0. The van der Waals surface area contributed by atoms with Crippen LogP contribution in [0.3, 0.4) is 0 Å². The highest BCUT2D eigenvalue weighted by Gasteiger charge is 2.20. The smallest absolute Gasteiger partial charge is 0.251 e. The van der Waals surface area contributed by atoms with Crippen molar-refractivity contribution in [3.05, 3.63) is 120 Å². The van der Waals surface area contributed by atoms with Crippen LogP contribution in [-0.4, -0.2) is 21.4 Å². The second-order valence-corrected chi connectivity index (χ2v) is 7.86. The van der Waals surface area contributed by atoms with Crippen molar-refractivity contribution in [1.29, 1.82) is 0 Å². The molecule has 0 bridgehead atoms. The highest BCUT2D eigenvalue weighted by Crippen LogP contribution is 2.20. The van der Waals surface area contributed by atoms with Gasteiger partial charge in [0.15, 0.2) is 0 Å². The van der Waals surface area contributed by atoms with Crippen molar-refractivity contribution in [3.8, 4) is 5.69 Å². The fraction of sp³-hybridized carbons (Fsp3) is 0.148. The zero-order valence-electron chi connectivity index (χ0n) is 18.4. The summed E-state index contributed by atoms with van der Waals surface area (Å²) in [5.41, 5.74) is 3.44. The number of amides is 2. The van der Waals surface area contributed by atoms with Crippen LogP contribution in [0.25, 0.3) is 5.69 Å². The standard InChI is InChI=1S/C27H26N4O2/c1-20(21-12-14-24(15-13-21)31-17-16-28-19-31)29-26(32)18-25(22-8-4-2-5-9-22)30-27(33)23-10-6-3-7-11-23/h2-17,19-20,25H,18H2,1H3,(H,29,32)(H,30,33)/t20-,25-/m0/s1. The van der Waals surface area contributed by atoms with Crippen LogP contribution in [0.1, 0.15) is 46.9 Å². The van der Waals surface area contributed by atoms with E-state index in [4.69, 9.17) is 0 Å². The molecule has 0 saturated carbocycles. The fourth-order valence-corrected chi connectivity index (χ4v) is 3.68. The van der Waals surface area contributed by atoms with E-state index in [0.29, 0.717) is 5.56 Å². The number of rotatable bonds is 8. The van der Waals surface area contributed by atoms with Crippen LogP contribution < -0.4 is 10.6 Å². The molecule has 0 aliphatic carbocycles. The number of carbonyl (C=O) groups excluding carboxylic acids is 2. The molecule has 2 amide bonds. The Labute approximate surface area is 193 Å². The summed E-state index contributed by atoms with van der Waals surface area (Å²) in [4.78, 5) is 29.7. The number of nitrogens with one attached hydrogen (secondary N) is 2. The summed E-state index contributed by atoms with van der Waals surface area (Å²) in [6.45, 7) is 1.95. The van der Waals surface area contributed by atoms with E-state index >= 15 is 0 Å². The SMILES string of the molecule is C[C@H](NC(=O)C[C@H](NC(=O)c1ccccc1)c1ccccc1)c1ccc(-n2ccnc2)cc1. The first kappa shape index (κ1) is 22.0. The van der Waals surface area contributed by atoms with E-state index in [1.165, 1.54) is 0 Å². The lowest BCUT2D eigenvalue weighted by Gasteiger charge is -2.21. The van der Waals surface area contributed by atoms with Crippen LogP contribution in [0.5, 0.6) is 0 Å². The van der Waals surface area contributed by atoms with Gasteiger partial charge in [-0.2, -0.15) is 0 Å². The number of hydrogen-bond acceptors (Lipinski definition) is 3. The molecule has 2 atom stereocenters. The van der Waals surface area contributed by atoms with Gasteiger partial charge in [-0.1, -0.05) is 60.7 Å². The molecule has 33 heavy (non-hydrogen) atoms. The Bertz CT molecular complexity index is 1170. The molecule has 166 valence electrons. The summed E-state index contributed by atoms with van der Waals surface area (Å²) in [7, 11) is 0. The van der Waals surface area contributed by atoms with Crippen LogP contribution in [0.4, 0.5) is 0 Å². The summed E-state index contributed by atoms with van der Waals surface area (Å²) < 4.78 is 1.92. The zero-order valence-corrected chi connectivity index (χ0v) is 18.4. The molecular formula is C27H26N4O2. The van der Waals surface area contributed by atoms with Crippen LogP contribution in [-0.2, 0) is 4.79 Å². The Morgan fingerprint density at radius 3 is 2.15 bits per heavy atom. The molecule has 2 N–H and O–H groups in total. The first-order valence-corrected chi connectivity index (χ1v) is 10.9. The lowest BCUT2D eigenvalue weighted by atomic mass is 10.0. The quantitative estimate of drug-likeness (QED) is 0.422. The molecule has 4 rings (SSSR count). The van der Waals surface area contributed by atoms with Crippen molar-refractivity contribution >= 4 is 11.8 Å². The molecule has 3 aromatic carbocycles. The van der Waals surface area contributed by atoms with Gasteiger partial charge in [0.05, 0.1) is 24.8 Å². The first-order chi connectivity index (χ1) is 16.1. The molecule has 4 aromatic rings. The molecule has 0 fully saturated rings. The van der Waals surface area contributed by atoms with Gasteiger partial charge in [0.1, 0.15) is 0 Å². The van der Waals surface area contributed by atoms with Crippen molar-refractivity contribution in [2.24, 2.45) is 0 Å². The van der Waals surface area contributed by atoms with E-state index in [1.807, 2.05) is 90.5 Å². The summed E-state index contributed by atoms with van der Waals surface area (Å²) in [5.74, 6) is -0.344. The van der Waals surface area contributed by atoms with Crippen molar-refractivity contribution in [1.82, 2.24) is 20.2 Å². The molecule has 0 radical (unpaired) electrons. The third-order valence-electron chi connectivity index (χ3n) is 5.51. The molecule has 1 heterocycles. The molecule has 0 aliphatic heterocycles. The maximum absolute atomic E-state index is 12.9. The molecule has 0 spiro atoms. The lowest BCUT2D eigenvalue weighted by Crippen LogP contribution is -2.34. The monoisotopic (exact) mass is 438 g/mol. The Morgan fingerprint density at radius 1 is 0.848 bits per heavy atom. The predicted octanol–water partition coefficient (Wildman–Crippen LogP) is 4.61. The fourth-order valence-electron chi connectivity index (χ4n) is 3.68. The molecule has 0 unspecified atom stereocenters. The topological polar surface area (TPSA) is 76.0 Å². The van der Waals surface area contributed by atoms with E-state index in [9.17, 15) is 9.59 Å². The van der Waals surface area contributed by atoms with Crippen LogP contribution in [0.15, 0.2) is 104 Å². The number of hydrogen-bond donors (Lipinski definition) is 2. The van der Waals surface area contributed by atoms with Crippen LogP contribution in [0, 0.1) is 0 Å². The van der Waals surface area contributed by atoms with E-state index < -0.39 is 6.04 Å². The summed E-state index contributed by atoms with van der Waals surface area (Å²) in [6, 6.07) is 25.9. The Morgan fingerprint density at radius 2 is 1.52 bits per heavy atom. The van der Waals surface area contributed by atoms with Gasteiger partial charge >= 0.3 is 0 Å². The molecule has 6 nitrogen and oxygen atoms in total. The number of benzene rings is 3. The number of imidazole rings is 1. The highest BCUT2D eigenvalue weighted by atomic mass is 16.2. The average molecular weight is 439 g/mol. The molecule has 6 heteroatoms. The Hall–Kier alpha value is -4.19. The van der Waals surface area contributed by atoms with Crippen LogP contribution in [0.2, 0.25) is 0 Å². The number of aromatic nitrogens is 2. The molecule has 1 aromatic heterocycles. The normalized spacial score (nSPS) is 12.5. The maximum atomic E-state index is 12.9. The van der Waals surface area contributed by atoms with E-state index in [2.05, 4.69) is 15.6 Å². The van der Waals surface area contributed by atoms with Gasteiger partial charge in [-0.15, -0.1) is 0 Å². The van der Waals surface area contributed by atoms with Crippen molar-refractivity contribution in [3.63, 3.8) is 0 Å². The van der Waals surface area contributed by atoms with Gasteiger partial charge in [0, 0.05) is 23.6 Å². The zero-order chi connectivity index (χ0) is 23.0. The van der Waals surface area contributed by atoms with E-state index in [1.54, 1.807) is 24.7 Å². The molecule has 0 aliphatic rings. The van der Waals surface area contributed by atoms with Gasteiger partial charge in [0.2, 0.25) is 5.91 Å². The largest absolute Gasteiger partial charge is 0.350 e. The van der Waals surface area contributed by atoms with Crippen molar-refractivity contribution in [2.45, 2.75) is 25.4 Å². The summed E-state index contributed by atoms with van der Waals surface area (Å²) in [5, 5.41) is 6.06. The van der Waals surface area contributed by atoms with Crippen LogP contribution >= 0.6 is 0 Å². The lowest BCUT2D eigenvalue weighted by molar-refractivity contribution is -0.122. The first-order valence-electron chi connectivity index (χ1n) is 10.9. The third-order valence-corrected chi connectivity index (χ3v) is 5.51. The van der Waals surface area contributed by atoms with Gasteiger partial charge in [0.25, 0.3) is 5.91 Å². The summed E-state index contributed by atoms with van der Waals surface area (Å²) in [6.07, 6.45) is 5.50. The van der Waals surface area contributed by atoms with E-state index in [-0.39, 0.29) is 24.3 Å². The third kappa shape index (κ3) is 5.74. The molecule has 0 saturated heterocycles. The van der Waals surface area contributed by atoms with Crippen molar-refractivity contribution in [2.75, 3.05) is 0 Å². The van der Waals surface area contributed by atoms with Crippen molar-refractivity contribution < 1.29 is 9.59 Å². The average Bonchev–Trinajstić information content (AvgIpc) is 3.40. The number of nitrogens with zero attached hydrogens (tertiary/aromatic N) is 2. The van der Waals surface area contributed by atoms with E-state index in [0.717, 1.165) is 16.8 Å². The second kappa shape index (κ2) is 10.4. The molecular weight excluding hydrogens is 412 g/mol. The maximum Gasteiger partial charge on any atom is 0.251 e. The van der Waals surface area contributed by atoms with Gasteiger partial charge in [-0.25, -0.2) is 4.98 Å². The minimum atomic E-state index is -0.435. The predicted molar refractivity (Wildman–Crippen MR) is 128 cm³/mol. The number of carbonyl (C=O) groups is 2. The van der Waals surface area contributed by atoms with Gasteiger partial charge in [-0.05, 0) is 42.3 Å². The Balaban J connectivity index is 1.42. The highest BCUT2D eigenvalue weighted by molar-refractivity contribution is 5.94. The van der Waals surface area contributed by atoms with Gasteiger partial charge < -0.3 is 15.2 Å². The van der Waals surface area contributed by atoms with Gasteiger partial charge in [-0.3, -0.25) is 9.59 Å². The minimum Gasteiger partial charge on any atom is -0.350 e. The second-order valence-electron chi connectivity index (χ2n) is 7.86. The minimum absolute atomic E-state index is 0.136.